The Morgan fingerprint density at radius 1 is 1.24 bits per heavy atom. The highest BCUT2D eigenvalue weighted by atomic mass is 32.1. The zero-order valence-corrected chi connectivity index (χ0v) is 19.9. The van der Waals surface area contributed by atoms with Crippen molar-refractivity contribution in [2.75, 3.05) is 29.5 Å². The summed E-state index contributed by atoms with van der Waals surface area (Å²) in [4.78, 5) is 36.2. The summed E-state index contributed by atoms with van der Waals surface area (Å²) in [6.07, 6.45) is -1.65. The third kappa shape index (κ3) is 4.08. The van der Waals surface area contributed by atoms with Crippen molar-refractivity contribution in [1.29, 1.82) is 5.26 Å². The van der Waals surface area contributed by atoms with E-state index in [9.17, 15) is 22.8 Å². The Bertz CT molecular complexity index is 1320. The molecule has 14 heteroatoms. The number of carboxylic acid groups (broad SMARTS) is 1. The molecule has 2 aromatic rings. The molecule has 2 aliphatic heterocycles. The third-order valence-corrected chi connectivity index (χ3v) is 7.17. The van der Waals surface area contributed by atoms with E-state index in [0.29, 0.717) is 50.2 Å². The maximum Gasteiger partial charge on any atom is 0.419 e. The van der Waals surface area contributed by atoms with Crippen LogP contribution >= 0.6 is 12.2 Å². The van der Waals surface area contributed by atoms with Crippen LogP contribution in [-0.2, 0) is 11.0 Å². The fraction of sp³-hybridized carbons (Fsp3) is 0.391. The quantitative estimate of drug-likeness (QED) is 0.577. The number of pyridine rings is 2. The van der Waals surface area contributed by atoms with E-state index in [1.165, 1.54) is 17.2 Å². The minimum Gasteiger partial charge on any atom is -0.477 e. The molecule has 2 aromatic heterocycles. The number of nitriles is 1. The van der Waals surface area contributed by atoms with Crippen LogP contribution in [0.4, 0.5) is 29.3 Å². The van der Waals surface area contributed by atoms with Gasteiger partial charge in [-0.25, -0.2) is 14.8 Å². The number of carbonyl (C=O) groups is 2. The second kappa shape index (κ2) is 8.84. The lowest BCUT2D eigenvalue weighted by Gasteiger charge is -2.42. The second-order valence-corrected chi connectivity index (χ2v) is 9.43. The molecule has 1 N–H and O–H groups in total. The van der Waals surface area contributed by atoms with E-state index in [2.05, 4.69) is 9.97 Å². The highest BCUT2D eigenvalue weighted by Gasteiger charge is 2.60. The van der Waals surface area contributed by atoms with Gasteiger partial charge in [0.05, 0.1) is 35.9 Å². The fourth-order valence-corrected chi connectivity index (χ4v) is 5.18. The normalized spacial score (nSPS) is 19.0. The largest absolute Gasteiger partial charge is 0.477 e. The molecule has 0 atom stereocenters. The van der Waals surface area contributed by atoms with Crippen molar-refractivity contribution in [1.82, 2.24) is 14.9 Å². The van der Waals surface area contributed by atoms with Gasteiger partial charge in [-0.2, -0.15) is 18.4 Å². The number of thiocarbonyl (C=S) groups is 1. The molecule has 192 valence electrons. The number of amides is 2. The Morgan fingerprint density at radius 3 is 2.49 bits per heavy atom. The van der Waals surface area contributed by atoms with Crippen LogP contribution < -0.4 is 14.5 Å². The summed E-state index contributed by atoms with van der Waals surface area (Å²) >= 11 is 5.57. The Labute approximate surface area is 213 Å². The van der Waals surface area contributed by atoms with Gasteiger partial charge in [0, 0.05) is 25.1 Å². The number of nitrogens with zero attached hydrogens (tertiary/aromatic N) is 6. The van der Waals surface area contributed by atoms with Gasteiger partial charge in [-0.15, -0.1) is 0 Å². The Hall–Kier alpha value is -3.99. The smallest absolute Gasteiger partial charge is 0.419 e. The monoisotopic (exact) mass is 532 g/mol. The average molecular weight is 533 g/mol. The first kappa shape index (κ1) is 24.7. The molecule has 3 fully saturated rings. The summed E-state index contributed by atoms with van der Waals surface area (Å²) in [6, 6.07) is 5.40. The minimum absolute atomic E-state index is 0.0111. The average Bonchev–Trinajstić information content (AvgIpc) is 3.04. The van der Waals surface area contributed by atoms with E-state index in [-0.39, 0.29) is 16.7 Å². The number of ether oxygens (including phenoxy) is 1. The number of carbonyl (C=O) groups excluding carboxylic acids is 1. The van der Waals surface area contributed by atoms with E-state index in [1.807, 2.05) is 0 Å². The van der Waals surface area contributed by atoms with E-state index in [1.54, 1.807) is 17.0 Å². The van der Waals surface area contributed by atoms with Crippen LogP contribution in [0.5, 0.6) is 5.88 Å². The van der Waals surface area contributed by atoms with E-state index >= 15 is 0 Å². The number of likely N-dealkylation sites (tertiary alicyclic amines) is 1. The molecule has 0 radical (unpaired) electrons. The van der Waals surface area contributed by atoms with Crippen molar-refractivity contribution in [2.45, 2.75) is 31.0 Å². The maximum atomic E-state index is 13.5. The van der Waals surface area contributed by atoms with Crippen LogP contribution in [0.3, 0.4) is 0 Å². The van der Waals surface area contributed by atoms with Gasteiger partial charge in [0.2, 0.25) is 5.88 Å². The molecular formula is C23H19F3N6O4S. The third-order valence-electron chi connectivity index (χ3n) is 6.81. The number of hydrogen-bond acceptors (Lipinski definition) is 7. The topological polar surface area (TPSA) is 123 Å². The van der Waals surface area contributed by atoms with Crippen molar-refractivity contribution >= 4 is 40.7 Å². The van der Waals surface area contributed by atoms with Crippen LogP contribution in [0, 0.1) is 17.2 Å². The Morgan fingerprint density at radius 2 is 1.95 bits per heavy atom. The number of aromatic nitrogens is 2. The summed E-state index contributed by atoms with van der Waals surface area (Å²) in [6.45, 7) is 1.06. The zero-order valence-electron chi connectivity index (χ0n) is 19.1. The van der Waals surface area contributed by atoms with Gasteiger partial charge in [-0.3, -0.25) is 9.69 Å². The first-order valence-electron chi connectivity index (χ1n) is 11.3. The minimum atomic E-state index is -4.84. The molecule has 3 aliphatic rings. The molecule has 10 nitrogen and oxygen atoms in total. The Kier molecular flexibility index (Phi) is 5.90. The summed E-state index contributed by atoms with van der Waals surface area (Å²) in [7, 11) is 0. The fourth-order valence-electron chi connectivity index (χ4n) is 4.71. The standard InChI is InChI=1S/C23H19F3N6O4S/c24-23(25,26)16-6-15(9-28-17(16)7-27)31-19(33)22(4-1-5-22)32(20(31)37)14-2-3-18(29-8-14)36-12-13-10-30(11-13)21(34)35/h2-3,6,8-9,13H,1,4-5,10-12H2,(H,34,35). The molecule has 0 unspecified atom stereocenters. The molecule has 4 heterocycles. The molecule has 1 saturated carbocycles. The lowest BCUT2D eigenvalue weighted by Crippen LogP contribution is -2.55. The number of anilines is 2. The zero-order chi connectivity index (χ0) is 26.5. The van der Waals surface area contributed by atoms with Crippen molar-refractivity contribution in [3.05, 3.63) is 41.9 Å². The molecule has 1 spiro atoms. The molecular weight excluding hydrogens is 513 g/mol. The first-order valence-corrected chi connectivity index (χ1v) is 11.7. The molecule has 37 heavy (non-hydrogen) atoms. The number of rotatable bonds is 5. The van der Waals surface area contributed by atoms with Crippen molar-refractivity contribution < 1.29 is 32.6 Å². The lowest BCUT2D eigenvalue weighted by molar-refractivity contribution is -0.138. The van der Waals surface area contributed by atoms with Crippen LogP contribution in [0.1, 0.15) is 30.5 Å². The van der Waals surface area contributed by atoms with Gasteiger partial charge < -0.3 is 19.6 Å². The van der Waals surface area contributed by atoms with Gasteiger partial charge in [0.1, 0.15) is 11.6 Å². The molecule has 5 rings (SSSR count). The van der Waals surface area contributed by atoms with Crippen LogP contribution in [0.25, 0.3) is 0 Å². The van der Waals surface area contributed by atoms with Crippen LogP contribution in [-0.4, -0.2) is 62.3 Å². The number of halogens is 3. The Balaban J connectivity index is 1.38. The number of hydrogen-bond donors (Lipinski definition) is 1. The van der Waals surface area contributed by atoms with Gasteiger partial charge in [-0.1, -0.05) is 0 Å². The summed E-state index contributed by atoms with van der Waals surface area (Å²) < 4.78 is 46.2. The molecule has 2 amide bonds. The predicted molar refractivity (Wildman–Crippen MR) is 126 cm³/mol. The summed E-state index contributed by atoms with van der Waals surface area (Å²) in [5.74, 6) is -0.0907. The van der Waals surface area contributed by atoms with Crippen LogP contribution in [0.15, 0.2) is 30.6 Å². The summed E-state index contributed by atoms with van der Waals surface area (Å²) in [5.41, 5.74) is -2.77. The first-order chi connectivity index (χ1) is 17.5. The molecule has 0 bridgehead atoms. The van der Waals surface area contributed by atoms with E-state index in [4.69, 9.17) is 27.3 Å². The van der Waals surface area contributed by atoms with E-state index < -0.39 is 35.0 Å². The SMILES string of the molecule is N#Cc1ncc(N2C(=O)C3(CCC3)N(c3ccc(OCC4CN(C(=O)O)C4)nc3)C2=S)cc1C(F)(F)F. The van der Waals surface area contributed by atoms with Crippen molar-refractivity contribution in [2.24, 2.45) is 5.92 Å². The van der Waals surface area contributed by atoms with Gasteiger partial charge in [0.15, 0.2) is 10.8 Å². The van der Waals surface area contributed by atoms with Gasteiger partial charge in [-0.05, 0) is 43.6 Å². The molecule has 1 aliphatic carbocycles. The van der Waals surface area contributed by atoms with Crippen molar-refractivity contribution in [3.8, 4) is 11.9 Å². The summed E-state index contributed by atoms with van der Waals surface area (Å²) in [5, 5.41) is 17.9. The van der Waals surface area contributed by atoms with Crippen molar-refractivity contribution in [3.63, 3.8) is 0 Å². The van der Waals surface area contributed by atoms with Crippen LogP contribution in [0.2, 0.25) is 0 Å². The molecule has 0 aromatic carbocycles. The lowest BCUT2D eigenvalue weighted by atomic mass is 9.75. The highest BCUT2D eigenvalue weighted by Crippen LogP contribution is 2.48. The maximum absolute atomic E-state index is 13.5. The van der Waals surface area contributed by atoms with Gasteiger partial charge >= 0.3 is 12.3 Å². The number of alkyl halides is 3. The second-order valence-electron chi connectivity index (χ2n) is 9.06. The predicted octanol–water partition coefficient (Wildman–Crippen LogP) is 3.42. The van der Waals surface area contributed by atoms with E-state index in [0.717, 1.165) is 17.5 Å². The van der Waals surface area contributed by atoms with Gasteiger partial charge in [0.25, 0.3) is 5.91 Å². The highest BCUT2D eigenvalue weighted by molar-refractivity contribution is 7.81. The molecule has 2 saturated heterocycles.